The van der Waals surface area contributed by atoms with Crippen molar-refractivity contribution >= 4 is 17.4 Å². The van der Waals surface area contributed by atoms with E-state index >= 15 is 0 Å². The average Bonchev–Trinajstić information content (AvgIpc) is 3.12. The van der Waals surface area contributed by atoms with Crippen molar-refractivity contribution in [3.8, 4) is 17.0 Å². The molecule has 1 amide bonds. The Morgan fingerprint density at radius 1 is 1.00 bits per heavy atom. The molecule has 0 radical (unpaired) electrons. The fraction of sp³-hybridized carbons (Fsp3) is 0.0526. The van der Waals surface area contributed by atoms with Crippen molar-refractivity contribution < 1.29 is 23.1 Å². The lowest BCUT2D eigenvalue weighted by Gasteiger charge is -2.12. The number of hydrogen-bond acceptors (Lipinski definition) is 5. The van der Waals surface area contributed by atoms with Gasteiger partial charge in [0.2, 0.25) is 0 Å². The van der Waals surface area contributed by atoms with Crippen LogP contribution in [-0.2, 0) is 6.18 Å². The Labute approximate surface area is 161 Å². The number of anilines is 1. The van der Waals surface area contributed by atoms with Crippen LogP contribution >= 0.6 is 0 Å². The van der Waals surface area contributed by atoms with Crippen LogP contribution in [0.15, 0.2) is 60.9 Å². The largest absolute Gasteiger partial charge is 0.506 e. The molecular formula is C19H12F3N5O2. The van der Waals surface area contributed by atoms with Gasteiger partial charge in [0.1, 0.15) is 11.6 Å². The van der Waals surface area contributed by atoms with Crippen LogP contribution in [0.1, 0.15) is 16.1 Å². The standard InChI is InChI=1S/C19H12F3N5O2/c20-19(21,22)13-4-2-1-3-12(13)14-6-8-17-24-10-15(27(17)26-14)18(29)25-16-7-5-11(28)9-23-16/h1-10,28H,(H,23,25,29). The van der Waals surface area contributed by atoms with Crippen LogP contribution in [0.4, 0.5) is 19.0 Å². The number of halogens is 3. The molecule has 4 aromatic rings. The quantitative estimate of drug-likeness (QED) is 0.547. The fourth-order valence-electron chi connectivity index (χ4n) is 2.77. The highest BCUT2D eigenvalue weighted by atomic mass is 19.4. The van der Waals surface area contributed by atoms with Gasteiger partial charge in [0.15, 0.2) is 11.3 Å². The van der Waals surface area contributed by atoms with E-state index in [0.29, 0.717) is 5.65 Å². The molecule has 3 aromatic heterocycles. The summed E-state index contributed by atoms with van der Waals surface area (Å²) in [6, 6.07) is 10.7. The third kappa shape index (κ3) is 3.59. The summed E-state index contributed by atoms with van der Waals surface area (Å²) in [4.78, 5) is 20.5. The molecular weight excluding hydrogens is 387 g/mol. The van der Waals surface area contributed by atoms with Gasteiger partial charge >= 0.3 is 6.18 Å². The maximum absolute atomic E-state index is 13.3. The highest BCUT2D eigenvalue weighted by molar-refractivity contribution is 6.02. The number of nitrogens with one attached hydrogen (secondary N) is 1. The second-order valence-corrected chi connectivity index (χ2v) is 6.03. The number of alkyl halides is 3. The van der Waals surface area contributed by atoms with Crippen molar-refractivity contribution in [2.75, 3.05) is 5.32 Å². The molecule has 29 heavy (non-hydrogen) atoms. The molecule has 0 unspecified atom stereocenters. The van der Waals surface area contributed by atoms with Crippen LogP contribution in [0, 0.1) is 0 Å². The summed E-state index contributed by atoms with van der Waals surface area (Å²) in [5.74, 6) is -0.488. The van der Waals surface area contributed by atoms with Crippen LogP contribution in [0.25, 0.3) is 16.9 Å². The normalized spacial score (nSPS) is 11.6. The zero-order valence-corrected chi connectivity index (χ0v) is 14.6. The number of carbonyl (C=O) groups excluding carboxylic acids is 1. The minimum Gasteiger partial charge on any atom is -0.506 e. The molecule has 2 N–H and O–H groups in total. The van der Waals surface area contributed by atoms with E-state index in [1.54, 1.807) is 0 Å². The van der Waals surface area contributed by atoms with Gasteiger partial charge in [-0.3, -0.25) is 4.79 Å². The number of hydrogen-bond donors (Lipinski definition) is 2. The van der Waals surface area contributed by atoms with Crippen molar-refractivity contribution in [3.05, 3.63) is 72.2 Å². The number of pyridine rings is 1. The van der Waals surface area contributed by atoms with E-state index < -0.39 is 17.6 Å². The van der Waals surface area contributed by atoms with Gasteiger partial charge in [-0.2, -0.15) is 18.3 Å². The molecule has 0 aliphatic heterocycles. The minimum absolute atomic E-state index is 0.0150. The van der Waals surface area contributed by atoms with Gasteiger partial charge in [-0.15, -0.1) is 0 Å². The van der Waals surface area contributed by atoms with Crippen LogP contribution < -0.4 is 5.32 Å². The predicted octanol–water partition coefficient (Wildman–Crippen LogP) is 3.77. The van der Waals surface area contributed by atoms with Gasteiger partial charge in [-0.25, -0.2) is 14.5 Å². The van der Waals surface area contributed by atoms with Crippen molar-refractivity contribution in [2.45, 2.75) is 6.18 Å². The molecule has 146 valence electrons. The Kier molecular flexibility index (Phi) is 4.38. The maximum atomic E-state index is 13.3. The average molecular weight is 399 g/mol. The van der Waals surface area contributed by atoms with Crippen molar-refractivity contribution in [1.29, 1.82) is 0 Å². The van der Waals surface area contributed by atoms with Crippen LogP contribution in [-0.4, -0.2) is 30.6 Å². The monoisotopic (exact) mass is 399 g/mol. The van der Waals surface area contributed by atoms with Crippen molar-refractivity contribution in [2.24, 2.45) is 0 Å². The summed E-state index contributed by atoms with van der Waals surface area (Å²) in [5.41, 5.74) is -0.586. The molecule has 0 spiro atoms. The lowest BCUT2D eigenvalue weighted by molar-refractivity contribution is -0.137. The first-order valence-electron chi connectivity index (χ1n) is 8.31. The molecule has 4 rings (SSSR count). The van der Waals surface area contributed by atoms with Gasteiger partial charge in [0.25, 0.3) is 5.91 Å². The third-order valence-electron chi connectivity index (χ3n) is 4.09. The maximum Gasteiger partial charge on any atom is 0.417 e. The second kappa shape index (κ2) is 6.89. The summed E-state index contributed by atoms with van der Waals surface area (Å²) >= 11 is 0. The summed E-state index contributed by atoms with van der Waals surface area (Å²) in [6.45, 7) is 0. The molecule has 7 nitrogen and oxygen atoms in total. The van der Waals surface area contributed by atoms with E-state index in [1.165, 1.54) is 48.7 Å². The number of carbonyl (C=O) groups is 1. The Hall–Kier alpha value is -3.95. The molecule has 10 heteroatoms. The first kappa shape index (κ1) is 18.4. The highest BCUT2D eigenvalue weighted by Crippen LogP contribution is 2.36. The molecule has 0 bridgehead atoms. The molecule has 0 aliphatic rings. The number of imidazole rings is 1. The lowest BCUT2D eigenvalue weighted by Crippen LogP contribution is -2.16. The highest BCUT2D eigenvalue weighted by Gasteiger charge is 2.33. The van der Waals surface area contributed by atoms with E-state index in [0.717, 1.165) is 16.8 Å². The third-order valence-corrected chi connectivity index (χ3v) is 4.09. The summed E-state index contributed by atoms with van der Waals surface area (Å²) < 4.78 is 41.2. The number of nitrogens with zero attached hydrogens (tertiary/aromatic N) is 4. The van der Waals surface area contributed by atoms with E-state index in [4.69, 9.17) is 0 Å². The number of rotatable bonds is 3. The number of aromatic hydroxyl groups is 1. The summed E-state index contributed by atoms with van der Waals surface area (Å²) in [5, 5.41) is 16.0. The van der Waals surface area contributed by atoms with Crippen LogP contribution in [0.3, 0.4) is 0 Å². The van der Waals surface area contributed by atoms with Gasteiger partial charge in [0, 0.05) is 5.56 Å². The molecule has 0 atom stereocenters. The van der Waals surface area contributed by atoms with Crippen molar-refractivity contribution in [3.63, 3.8) is 0 Å². The zero-order chi connectivity index (χ0) is 20.6. The van der Waals surface area contributed by atoms with Gasteiger partial charge < -0.3 is 10.4 Å². The first-order valence-corrected chi connectivity index (χ1v) is 8.31. The van der Waals surface area contributed by atoms with E-state index in [-0.39, 0.29) is 28.5 Å². The molecule has 0 saturated heterocycles. The smallest absolute Gasteiger partial charge is 0.417 e. The van der Waals surface area contributed by atoms with Crippen molar-refractivity contribution in [1.82, 2.24) is 19.6 Å². The van der Waals surface area contributed by atoms with Crippen LogP contribution in [0.2, 0.25) is 0 Å². The Bertz CT molecular complexity index is 1200. The SMILES string of the molecule is O=C(Nc1ccc(O)cn1)c1cnc2ccc(-c3ccccc3C(F)(F)F)nn12. The number of benzene rings is 1. The second-order valence-electron chi connectivity index (χ2n) is 6.03. The Balaban J connectivity index is 1.74. The molecule has 3 heterocycles. The molecule has 0 fully saturated rings. The predicted molar refractivity (Wildman–Crippen MR) is 97.3 cm³/mol. The number of aromatic nitrogens is 4. The molecule has 0 saturated carbocycles. The number of fused-ring (bicyclic) bond motifs is 1. The van der Waals surface area contributed by atoms with E-state index in [9.17, 15) is 23.1 Å². The Morgan fingerprint density at radius 2 is 1.79 bits per heavy atom. The molecule has 1 aromatic carbocycles. The first-order chi connectivity index (χ1) is 13.8. The lowest BCUT2D eigenvalue weighted by atomic mass is 10.0. The Morgan fingerprint density at radius 3 is 2.52 bits per heavy atom. The van der Waals surface area contributed by atoms with Crippen LogP contribution in [0.5, 0.6) is 5.75 Å². The molecule has 0 aliphatic carbocycles. The van der Waals surface area contributed by atoms with Gasteiger partial charge in [-0.1, -0.05) is 18.2 Å². The fourth-order valence-corrected chi connectivity index (χ4v) is 2.77. The van der Waals surface area contributed by atoms with Gasteiger partial charge in [-0.05, 0) is 30.3 Å². The number of amides is 1. The zero-order valence-electron chi connectivity index (χ0n) is 14.6. The topological polar surface area (TPSA) is 92.4 Å². The van der Waals surface area contributed by atoms with E-state index in [2.05, 4.69) is 20.4 Å². The van der Waals surface area contributed by atoms with E-state index in [1.807, 2.05) is 0 Å². The summed E-state index contributed by atoms with van der Waals surface area (Å²) in [6.07, 6.45) is -2.13. The summed E-state index contributed by atoms with van der Waals surface area (Å²) in [7, 11) is 0. The van der Waals surface area contributed by atoms with Gasteiger partial charge in [0.05, 0.1) is 23.7 Å². The minimum atomic E-state index is -4.55.